The molecule has 1 saturated heterocycles. The monoisotopic (exact) mass is 332 g/mol. The lowest BCUT2D eigenvalue weighted by atomic mass is 9.83. The standard InChI is InChI=1S/C19H28N2O3/c1-19(2,13-6-8-16(23-3)17(9-13)24-4)18(22)21-10-12-5-7-15(20)14(12)11-21/h6,8-9,12,14-15H,5,7,10-11,20H2,1-4H3. The van der Waals surface area contributed by atoms with Crippen LogP contribution < -0.4 is 15.2 Å². The Morgan fingerprint density at radius 1 is 1.17 bits per heavy atom. The van der Waals surface area contributed by atoms with Crippen LogP contribution in [-0.2, 0) is 10.2 Å². The van der Waals surface area contributed by atoms with Crippen molar-refractivity contribution in [3.63, 3.8) is 0 Å². The van der Waals surface area contributed by atoms with Crippen LogP contribution in [0, 0.1) is 11.8 Å². The van der Waals surface area contributed by atoms with Crippen LogP contribution in [0.5, 0.6) is 11.5 Å². The number of nitrogens with two attached hydrogens (primary N) is 1. The number of ether oxygens (including phenoxy) is 2. The van der Waals surface area contributed by atoms with E-state index in [2.05, 4.69) is 0 Å². The predicted octanol–water partition coefficient (Wildman–Crippen LogP) is 2.18. The van der Waals surface area contributed by atoms with Crippen LogP contribution in [0.25, 0.3) is 0 Å². The Bertz CT molecular complexity index is 629. The molecule has 1 aliphatic heterocycles. The van der Waals surface area contributed by atoms with Gasteiger partial charge in [-0.25, -0.2) is 0 Å². The fourth-order valence-electron chi connectivity index (χ4n) is 4.22. The minimum atomic E-state index is -0.609. The SMILES string of the molecule is COc1ccc(C(C)(C)C(=O)N2CC3CCC(N)C3C2)cc1OC. The molecule has 2 aliphatic rings. The Balaban J connectivity index is 1.81. The Kier molecular flexibility index (Phi) is 4.47. The van der Waals surface area contributed by atoms with Gasteiger partial charge in [0.25, 0.3) is 0 Å². The van der Waals surface area contributed by atoms with E-state index >= 15 is 0 Å². The number of likely N-dealkylation sites (tertiary alicyclic amines) is 1. The lowest BCUT2D eigenvalue weighted by molar-refractivity contribution is -0.135. The van der Waals surface area contributed by atoms with E-state index in [-0.39, 0.29) is 11.9 Å². The van der Waals surface area contributed by atoms with Gasteiger partial charge in [-0.05, 0) is 56.2 Å². The maximum absolute atomic E-state index is 13.2. The van der Waals surface area contributed by atoms with Crippen LogP contribution in [0.1, 0.15) is 32.3 Å². The van der Waals surface area contributed by atoms with Gasteiger partial charge in [0.15, 0.2) is 11.5 Å². The number of fused-ring (bicyclic) bond motifs is 1. The van der Waals surface area contributed by atoms with Crippen molar-refractivity contribution in [2.24, 2.45) is 17.6 Å². The second-order valence-electron chi connectivity index (χ2n) is 7.57. The molecule has 1 aromatic carbocycles. The van der Waals surface area contributed by atoms with E-state index in [0.717, 1.165) is 31.5 Å². The summed E-state index contributed by atoms with van der Waals surface area (Å²) in [5.41, 5.74) is 6.53. The highest BCUT2D eigenvalue weighted by molar-refractivity contribution is 5.88. The van der Waals surface area contributed by atoms with Crippen molar-refractivity contribution in [1.29, 1.82) is 0 Å². The summed E-state index contributed by atoms with van der Waals surface area (Å²) in [6.07, 6.45) is 2.24. The number of nitrogens with zero attached hydrogens (tertiary/aromatic N) is 1. The fourth-order valence-corrected chi connectivity index (χ4v) is 4.22. The molecule has 2 fully saturated rings. The first-order valence-corrected chi connectivity index (χ1v) is 8.66. The third kappa shape index (κ3) is 2.75. The Hall–Kier alpha value is -1.75. The number of methoxy groups -OCH3 is 2. The lowest BCUT2D eigenvalue weighted by Crippen LogP contribution is -2.43. The predicted molar refractivity (Wildman–Crippen MR) is 93.3 cm³/mol. The molecule has 0 bridgehead atoms. The number of hydrogen-bond donors (Lipinski definition) is 1. The molecule has 0 radical (unpaired) electrons. The minimum absolute atomic E-state index is 0.163. The summed E-state index contributed by atoms with van der Waals surface area (Å²) in [5.74, 6) is 2.53. The van der Waals surface area contributed by atoms with E-state index in [1.165, 1.54) is 0 Å². The Labute approximate surface area is 144 Å². The highest BCUT2D eigenvalue weighted by Gasteiger charge is 2.45. The molecule has 3 rings (SSSR count). The summed E-state index contributed by atoms with van der Waals surface area (Å²) in [4.78, 5) is 15.2. The van der Waals surface area contributed by atoms with E-state index in [9.17, 15) is 4.79 Å². The molecule has 132 valence electrons. The first-order chi connectivity index (χ1) is 11.4. The van der Waals surface area contributed by atoms with Gasteiger partial charge in [-0.1, -0.05) is 6.07 Å². The summed E-state index contributed by atoms with van der Waals surface area (Å²) in [6, 6.07) is 5.95. The molecule has 1 heterocycles. The normalized spacial score (nSPS) is 26.4. The van der Waals surface area contributed by atoms with E-state index in [1.54, 1.807) is 14.2 Å². The highest BCUT2D eigenvalue weighted by atomic mass is 16.5. The number of rotatable bonds is 4. The molecule has 5 nitrogen and oxygen atoms in total. The first-order valence-electron chi connectivity index (χ1n) is 8.66. The van der Waals surface area contributed by atoms with Crippen molar-refractivity contribution in [2.45, 2.75) is 38.1 Å². The molecular weight excluding hydrogens is 304 g/mol. The van der Waals surface area contributed by atoms with Crippen molar-refractivity contribution < 1.29 is 14.3 Å². The van der Waals surface area contributed by atoms with Crippen LogP contribution in [0.3, 0.4) is 0 Å². The number of amides is 1. The molecule has 1 aromatic rings. The summed E-state index contributed by atoms with van der Waals surface area (Å²) < 4.78 is 10.7. The first kappa shape index (κ1) is 17.1. The molecule has 24 heavy (non-hydrogen) atoms. The van der Waals surface area contributed by atoms with Gasteiger partial charge in [0.1, 0.15) is 0 Å². The molecule has 2 N–H and O–H groups in total. The topological polar surface area (TPSA) is 64.8 Å². The second-order valence-corrected chi connectivity index (χ2v) is 7.57. The number of carbonyl (C=O) groups is 1. The van der Waals surface area contributed by atoms with Crippen molar-refractivity contribution in [3.8, 4) is 11.5 Å². The van der Waals surface area contributed by atoms with Gasteiger partial charge in [-0.3, -0.25) is 4.79 Å². The molecule has 5 heteroatoms. The zero-order valence-corrected chi connectivity index (χ0v) is 15.0. The van der Waals surface area contributed by atoms with Crippen molar-refractivity contribution in [3.05, 3.63) is 23.8 Å². The van der Waals surface area contributed by atoms with Crippen LogP contribution in [0.4, 0.5) is 0 Å². The second kappa shape index (κ2) is 6.28. The van der Waals surface area contributed by atoms with Crippen LogP contribution in [-0.4, -0.2) is 44.2 Å². The molecule has 0 spiro atoms. The third-order valence-corrected chi connectivity index (χ3v) is 5.84. The lowest BCUT2D eigenvalue weighted by Gasteiger charge is -2.31. The van der Waals surface area contributed by atoms with E-state index < -0.39 is 5.41 Å². The minimum Gasteiger partial charge on any atom is -0.493 e. The van der Waals surface area contributed by atoms with Gasteiger partial charge in [-0.2, -0.15) is 0 Å². The molecular formula is C19H28N2O3. The number of carbonyl (C=O) groups excluding carboxylic acids is 1. The summed E-state index contributed by atoms with van der Waals surface area (Å²) in [7, 11) is 3.22. The van der Waals surface area contributed by atoms with Crippen LogP contribution in [0.15, 0.2) is 18.2 Å². The van der Waals surface area contributed by atoms with Crippen LogP contribution in [0.2, 0.25) is 0 Å². The van der Waals surface area contributed by atoms with E-state index in [1.807, 2.05) is 36.9 Å². The molecule has 3 atom stereocenters. The van der Waals surface area contributed by atoms with Gasteiger partial charge < -0.3 is 20.1 Å². The quantitative estimate of drug-likeness (QED) is 0.918. The maximum Gasteiger partial charge on any atom is 0.232 e. The molecule has 0 aromatic heterocycles. The van der Waals surface area contributed by atoms with Gasteiger partial charge in [0.05, 0.1) is 19.6 Å². The zero-order chi connectivity index (χ0) is 17.5. The Morgan fingerprint density at radius 3 is 2.50 bits per heavy atom. The van der Waals surface area contributed by atoms with Crippen molar-refractivity contribution in [1.82, 2.24) is 4.90 Å². The molecule has 3 unspecified atom stereocenters. The average Bonchev–Trinajstić information content (AvgIpc) is 3.15. The fraction of sp³-hybridized carbons (Fsp3) is 0.632. The van der Waals surface area contributed by atoms with Crippen molar-refractivity contribution >= 4 is 5.91 Å². The largest absolute Gasteiger partial charge is 0.493 e. The van der Waals surface area contributed by atoms with Gasteiger partial charge in [-0.15, -0.1) is 0 Å². The summed E-state index contributed by atoms with van der Waals surface area (Å²) in [5, 5.41) is 0. The van der Waals surface area contributed by atoms with Gasteiger partial charge >= 0.3 is 0 Å². The number of benzene rings is 1. The highest BCUT2D eigenvalue weighted by Crippen LogP contribution is 2.40. The third-order valence-electron chi connectivity index (χ3n) is 5.84. The molecule has 1 amide bonds. The van der Waals surface area contributed by atoms with Gasteiger partial charge in [0, 0.05) is 19.1 Å². The number of hydrogen-bond acceptors (Lipinski definition) is 4. The maximum atomic E-state index is 13.2. The van der Waals surface area contributed by atoms with Crippen LogP contribution >= 0.6 is 0 Å². The van der Waals surface area contributed by atoms with E-state index in [4.69, 9.17) is 15.2 Å². The summed E-state index contributed by atoms with van der Waals surface area (Å²) in [6.45, 7) is 5.59. The summed E-state index contributed by atoms with van der Waals surface area (Å²) >= 11 is 0. The van der Waals surface area contributed by atoms with E-state index in [0.29, 0.717) is 23.3 Å². The zero-order valence-electron chi connectivity index (χ0n) is 15.0. The van der Waals surface area contributed by atoms with Crippen molar-refractivity contribution in [2.75, 3.05) is 27.3 Å². The molecule has 1 aliphatic carbocycles. The Morgan fingerprint density at radius 2 is 1.88 bits per heavy atom. The average molecular weight is 332 g/mol. The smallest absolute Gasteiger partial charge is 0.232 e. The van der Waals surface area contributed by atoms with Gasteiger partial charge in [0.2, 0.25) is 5.91 Å². The molecule has 1 saturated carbocycles.